The summed E-state index contributed by atoms with van der Waals surface area (Å²) >= 11 is 1.71. The number of hydrogen-bond donors (Lipinski definition) is 2. The van der Waals surface area contributed by atoms with Crippen LogP contribution in [0.3, 0.4) is 0 Å². The second-order valence-corrected chi connectivity index (χ2v) is 5.48. The monoisotopic (exact) mass is 261 g/mol. The van der Waals surface area contributed by atoms with E-state index in [1.807, 2.05) is 19.1 Å². The third kappa shape index (κ3) is 3.31. The van der Waals surface area contributed by atoms with Crippen LogP contribution in [0.2, 0.25) is 0 Å². The molecule has 0 radical (unpaired) electrons. The molecule has 4 heteroatoms. The van der Waals surface area contributed by atoms with Gasteiger partial charge in [-0.05, 0) is 31.0 Å². The molecule has 3 nitrogen and oxygen atoms in total. The number of aryl methyl sites for hydroxylation is 1. The number of nitrogens with two attached hydrogens (primary N) is 1. The summed E-state index contributed by atoms with van der Waals surface area (Å²) in [4.78, 5) is 4.45. The lowest BCUT2D eigenvalue weighted by Gasteiger charge is -2.09. The molecule has 1 aromatic heterocycles. The van der Waals surface area contributed by atoms with E-state index in [0.717, 1.165) is 30.2 Å². The summed E-state index contributed by atoms with van der Waals surface area (Å²) < 4.78 is 0. The Morgan fingerprint density at radius 3 is 2.89 bits per heavy atom. The number of nitrogens with zero attached hydrogens (tertiary/aromatic N) is 1. The average Bonchev–Trinajstić information content (AvgIpc) is 2.76. The van der Waals surface area contributed by atoms with Gasteiger partial charge in [0.25, 0.3) is 0 Å². The predicted octanol–water partition coefficient (Wildman–Crippen LogP) is 2.67. The molecule has 0 aliphatic carbocycles. The van der Waals surface area contributed by atoms with Crippen molar-refractivity contribution in [2.45, 2.75) is 26.8 Å². The highest BCUT2D eigenvalue weighted by molar-refractivity contribution is 7.09. The minimum atomic E-state index is 0.861. The normalized spacial score (nSPS) is 10.8. The van der Waals surface area contributed by atoms with E-state index in [1.54, 1.807) is 11.3 Å². The van der Waals surface area contributed by atoms with Crippen molar-refractivity contribution in [1.82, 2.24) is 10.3 Å². The van der Waals surface area contributed by atoms with Gasteiger partial charge in [0.05, 0.1) is 10.7 Å². The van der Waals surface area contributed by atoms with Gasteiger partial charge in [-0.25, -0.2) is 4.98 Å². The van der Waals surface area contributed by atoms with Gasteiger partial charge in [0.2, 0.25) is 0 Å². The molecule has 1 aromatic carbocycles. The second kappa shape index (κ2) is 5.98. The van der Waals surface area contributed by atoms with Crippen LogP contribution in [0, 0.1) is 13.8 Å². The Balaban J connectivity index is 1.80. The van der Waals surface area contributed by atoms with E-state index in [4.69, 9.17) is 5.73 Å². The lowest BCUT2D eigenvalue weighted by atomic mass is 10.1. The Morgan fingerprint density at radius 2 is 2.17 bits per heavy atom. The zero-order chi connectivity index (χ0) is 13.0. The molecule has 0 amide bonds. The zero-order valence-corrected chi connectivity index (χ0v) is 11.7. The van der Waals surface area contributed by atoms with Gasteiger partial charge >= 0.3 is 0 Å². The Bertz CT molecular complexity index is 520. The van der Waals surface area contributed by atoms with Crippen LogP contribution in [0.4, 0.5) is 5.69 Å². The zero-order valence-electron chi connectivity index (χ0n) is 10.9. The summed E-state index contributed by atoms with van der Waals surface area (Å²) in [5.74, 6) is 0. The molecule has 0 fully saturated rings. The topological polar surface area (TPSA) is 50.9 Å². The Kier molecular flexibility index (Phi) is 4.33. The minimum absolute atomic E-state index is 0.861. The maximum absolute atomic E-state index is 5.88. The summed E-state index contributed by atoms with van der Waals surface area (Å²) in [6.07, 6.45) is 0.978. The van der Waals surface area contributed by atoms with Crippen LogP contribution in [0.1, 0.15) is 21.8 Å². The average molecular weight is 261 g/mol. The first-order chi connectivity index (χ1) is 8.66. The van der Waals surface area contributed by atoms with E-state index < -0.39 is 0 Å². The van der Waals surface area contributed by atoms with E-state index in [2.05, 4.69) is 28.7 Å². The van der Waals surface area contributed by atoms with Gasteiger partial charge in [-0.15, -0.1) is 11.3 Å². The van der Waals surface area contributed by atoms with Crippen molar-refractivity contribution in [2.24, 2.45) is 0 Å². The first kappa shape index (κ1) is 13.1. The van der Waals surface area contributed by atoms with Gasteiger partial charge in [0.15, 0.2) is 0 Å². The molecule has 0 saturated carbocycles. The highest BCUT2D eigenvalue weighted by Gasteiger charge is 2.01. The quantitative estimate of drug-likeness (QED) is 0.642. The summed E-state index contributed by atoms with van der Waals surface area (Å²) in [6, 6.07) is 6.06. The molecule has 2 rings (SSSR count). The fourth-order valence-electron chi connectivity index (χ4n) is 1.86. The number of anilines is 1. The third-order valence-corrected chi connectivity index (χ3v) is 3.85. The molecule has 1 heterocycles. The largest absolute Gasteiger partial charge is 0.399 e. The summed E-state index contributed by atoms with van der Waals surface area (Å²) in [6.45, 7) is 5.91. The standard InChI is InChI=1S/C14H19N3S/c1-10-12(4-3-5-14(10)15)8-16-7-6-13-9-18-11(2)17-13/h3-5,9,16H,6-8,15H2,1-2H3. The van der Waals surface area contributed by atoms with Gasteiger partial charge in [-0.3, -0.25) is 0 Å². The van der Waals surface area contributed by atoms with Crippen molar-refractivity contribution >= 4 is 17.0 Å². The minimum Gasteiger partial charge on any atom is -0.399 e. The SMILES string of the molecule is Cc1nc(CCNCc2cccc(N)c2C)cs1. The second-order valence-electron chi connectivity index (χ2n) is 4.42. The van der Waals surface area contributed by atoms with E-state index in [9.17, 15) is 0 Å². The lowest BCUT2D eigenvalue weighted by molar-refractivity contribution is 0.679. The number of hydrogen-bond acceptors (Lipinski definition) is 4. The van der Waals surface area contributed by atoms with Gasteiger partial charge in [-0.1, -0.05) is 12.1 Å². The first-order valence-electron chi connectivity index (χ1n) is 6.12. The molecule has 2 aromatic rings. The molecule has 18 heavy (non-hydrogen) atoms. The molecular formula is C14H19N3S. The van der Waals surface area contributed by atoms with Crippen molar-refractivity contribution in [2.75, 3.05) is 12.3 Å². The van der Waals surface area contributed by atoms with Crippen LogP contribution in [0.5, 0.6) is 0 Å². The first-order valence-corrected chi connectivity index (χ1v) is 7.00. The number of nitrogens with one attached hydrogen (secondary N) is 1. The van der Waals surface area contributed by atoms with Crippen molar-refractivity contribution in [1.29, 1.82) is 0 Å². The van der Waals surface area contributed by atoms with E-state index in [1.165, 1.54) is 16.8 Å². The molecule has 3 N–H and O–H groups in total. The maximum atomic E-state index is 5.88. The number of benzene rings is 1. The van der Waals surface area contributed by atoms with Crippen LogP contribution in [0.15, 0.2) is 23.6 Å². The van der Waals surface area contributed by atoms with Gasteiger partial charge in [0, 0.05) is 30.6 Å². The maximum Gasteiger partial charge on any atom is 0.0897 e. The Labute approximate surface area is 112 Å². The number of thiazole rings is 1. The van der Waals surface area contributed by atoms with E-state index in [-0.39, 0.29) is 0 Å². The summed E-state index contributed by atoms with van der Waals surface area (Å²) in [5.41, 5.74) is 10.4. The molecule has 0 atom stereocenters. The molecule has 0 spiro atoms. The lowest BCUT2D eigenvalue weighted by Crippen LogP contribution is -2.17. The highest BCUT2D eigenvalue weighted by atomic mass is 32.1. The van der Waals surface area contributed by atoms with Gasteiger partial charge in [0.1, 0.15) is 0 Å². The number of rotatable bonds is 5. The van der Waals surface area contributed by atoms with Crippen LogP contribution in [-0.4, -0.2) is 11.5 Å². The third-order valence-electron chi connectivity index (χ3n) is 3.03. The Hall–Kier alpha value is -1.39. The van der Waals surface area contributed by atoms with Crippen LogP contribution < -0.4 is 11.1 Å². The molecule has 0 aliphatic heterocycles. The van der Waals surface area contributed by atoms with Crippen molar-refractivity contribution in [3.8, 4) is 0 Å². The molecule has 0 bridgehead atoms. The van der Waals surface area contributed by atoms with Crippen molar-refractivity contribution < 1.29 is 0 Å². The molecule has 0 saturated heterocycles. The molecule has 0 aliphatic rings. The smallest absolute Gasteiger partial charge is 0.0897 e. The number of nitrogen functional groups attached to an aromatic ring is 1. The highest BCUT2D eigenvalue weighted by Crippen LogP contribution is 2.15. The molecule has 0 unspecified atom stereocenters. The van der Waals surface area contributed by atoms with Crippen molar-refractivity contribution in [3.05, 3.63) is 45.4 Å². The molecule has 96 valence electrons. The summed E-state index contributed by atoms with van der Waals surface area (Å²) in [7, 11) is 0. The van der Waals surface area contributed by atoms with Crippen LogP contribution in [-0.2, 0) is 13.0 Å². The van der Waals surface area contributed by atoms with Crippen molar-refractivity contribution in [3.63, 3.8) is 0 Å². The predicted molar refractivity (Wildman–Crippen MR) is 77.9 cm³/mol. The number of aromatic nitrogens is 1. The molecular weight excluding hydrogens is 242 g/mol. The van der Waals surface area contributed by atoms with E-state index in [0.29, 0.717) is 0 Å². The Morgan fingerprint density at radius 1 is 1.33 bits per heavy atom. The van der Waals surface area contributed by atoms with Crippen LogP contribution >= 0.6 is 11.3 Å². The van der Waals surface area contributed by atoms with Crippen LogP contribution in [0.25, 0.3) is 0 Å². The van der Waals surface area contributed by atoms with Gasteiger partial charge < -0.3 is 11.1 Å². The fraction of sp³-hybridized carbons (Fsp3) is 0.357. The summed E-state index contributed by atoms with van der Waals surface area (Å²) in [5, 5.41) is 6.70. The fourth-order valence-corrected chi connectivity index (χ4v) is 2.50. The van der Waals surface area contributed by atoms with Gasteiger partial charge in [-0.2, -0.15) is 0 Å². The van der Waals surface area contributed by atoms with E-state index >= 15 is 0 Å².